The van der Waals surface area contributed by atoms with Crippen molar-refractivity contribution in [1.82, 2.24) is 5.32 Å². The Morgan fingerprint density at radius 2 is 2.09 bits per heavy atom. The number of nitrogens with one attached hydrogen (secondary N) is 2. The number of furan rings is 1. The summed E-state index contributed by atoms with van der Waals surface area (Å²) in [7, 11) is 0. The second-order valence-corrected chi connectivity index (χ2v) is 5.90. The van der Waals surface area contributed by atoms with Gasteiger partial charge in [-0.05, 0) is 58.8 Å². The zero-order valence-electron chi connectivity index (χ0n) is 12.6. The summed E-state index contributed by atoms with van der Waals surface area (Å²) in [6.07, 6.45) is 2.03. The van der Waals surface area contributed by atoms with Crippen LogP contribution in [-0.2, 0) is 0 Å². The summed E-state index contributed by atoms with van der Waals surface area (Å²) in [6.45, 7) is 2.74. The molecule has 7 heteroatoms. The summed E-state index contributed by atoms with van der Waals surface area (Å²) in [5.74, 6) is 0.449. The van der Waals surface area contributed by atoms with Gasteiger partial charge in [0.1, 0.15) is 5.75 Å². The predicted octanol–water partition coefficient (Wildman–Crippen LogP) is 4.35. The Labute approximate surface area is 148 Å². The SMILES string of the molecule is CCCCOc1ccccc1NC(=S)NC(=O)c1ccc(Br)o1. The summed E-state index contributed by atoms with van der Waals surface area (Å²) in [6, 6.07) is 10.6. The number of carbonyl (C=O) groups excluding carboxylic acids is 1. The van der Waals surface area contributed by atoms with E-state index in [1.807, 2.05) is 24.3 Å². The van der Waals surface area contributed by atoms with E-state index in [-0.39, 0.29) is 10.9 Å². The lowest BCUT2D eigenvalue weighted by Crippen LogP contribution is -2.34. The van der Waals surface area contributed by atoms with E-state index in [4.69, 9.17) is 21.4 Å². The van der Waals surface area contributed by atoms with Crippen LogP contribution in [0, 0.1) is 0 Å². The third kappa shape index (κ3) is 5.37. The molecule has 0 radical (unpaired) electrons. The van der Waals surface area contributed by atoms with Crippen LogP contribution in [0.1, 0.15) is 30.3 Å². The lowest BCUT2D eigenvalue weighted by atomic mass is 10.3. The maximum atomic E-state index is 12.0. The summed E-state index contributed by atoms with van der Waals surface area (Å²) in [5.41, 5.74) is 0.703. The van der Waals surface area contributed by atoms with Gasteiger partial charge in [-0.2, -0.15) is 0 Å². The molecule has 122 valence electrons. The number of anilines is 1. The van der Waals surface area contributed by atoms with Crippen molar-refractivity contribution >= 4 is 44.9 Å². The average Bonchev–Trinajstić information content (AvgIpc) is 2.96. The van der Waals surface area contributed by atoms with Crippen LogP contribution in [0.3, 0.4) is 0 Å². The minimum Gasteiger partial charge on any atom is -0.491 e. The molecule has 1 amide bonds. The standard InChI is InChI=1S/C16H17BrN2O3S/c1-2-3-10-21-12-7-5-4-6-11(12)18-16(23)19-15(20)13-8-9-14(17)22-13/h4-9H,2-3,10H2,1H3,(H2,18,19,20,23). The maximum Gasteiger partial charge on any atom is 0.293 e. The molecule has 0 fully saturated rings. The van der Waals surface area contributed by atoms with Gasteiger partial charge in [-0.15, -0.1) is 0 Å². The van der Waals surface area contributed by atoms with Gasteiger partial charge in [-0.3, -0.25) is 10.1 Å². The number of unbranched alkanes of at least 4 members (excludes halogenated alkanes) is 1. The number of amides is 1. The highest BCUT2D eigenvalue weighted by Gasteiger charge is 2.13. The first-order valence-electron chi connectivity index (χ1n) is 7.19. The van der Waals surface area contributed by atoms with Crippen LogP contribution in [0.25, 0.3) is 0 Å². The fourth-order valence-electron chi connectivity index (χ4n) is 1.78. The Morgan fingerprint density at radius 1 is 1.30 bits per heavy atom. The lowest BCUT2D eigenvalue weighted by molar-refractivity contribution is 0.0949. The van der Waals surface area contributed by atoms with Crippen molar-refractivity contribution in [1.29, 1.82) is 0 Å². The molecule has 1 heterocycles. The lowest BCUT2D eigenvalue weighted by Gasteiger charge is -2.13. The van der Waals surface area contributed by atoms with Gasteiger partial charge >= 0.3 is 0 Å². The van der Waals surface area contributed by atoms with Crippen molar-refractivity contribution in [2.24, 2.45) is 0 Å². The number of rotatable bonds is 6. The van der Waals surface area contributed by atoms with Gasteiger partial charge in [0.15, 0.2) is 15.5 Å². The van der Waals surface area contributed by atoms with Crippen LogP contribution in [0.15, 0.2) is 45.5 Å². The van der Waals surface area contributed by atoms with E-state index in [0.29, 0.717) is 22.7 Å². The third-order valence-corrected chi connectivity index (χ3v) is 3.55. The largest absolute Gasteiger partial charge is 0.491 e. The molecular weight excluding hydrogens is 380 g/mol. The van der Waals surface area contributed by atoms with Crippen molar-refractivity contribution < 1.29 is 13.9 Å². The Kier molecular flexibility index (Phi) is 6.61. The molecule has 1 aromatic heterocycles. The zero-order chi connectivity index (χ0) is 16.7. The molecule has 0 aliphatic carbocycles. The second kappa shape index (κ2) is 8.69. The first-order chi connectivity index (χ1) is 11.1. The molecule has 5 nitrogen and oxygen atoms in total. The highest BCUT2D eigenvalue weighted by molar-refractivity contribution is 9.10. The fraction of sp³-hybridized carbons (Fsp3) is 0.250. The molecular formula is C16H17BrN2O3S. The molecule has 23 heavy (non-hydrogen) atoms. The highest BCUT2D eigenvalue weighted by atomic mass is 79.9. The van der Waals surface area contributed by atoms with Gasteiger partial charge in [0.2, 0.25) is 0 Å². The molecule has 0 atom stereocenters. The number of para-hydroxylation sites is 2. The van der Waals surface area contributed by atoms with Gasteiger partial charge < -0.3 is 14.5 Å². The number of hydrogen-bond donors (Lipinski definition) is 2. The smallest absolute Gasteiger partial charge is 0.293 e. The van der Waals surface area contributed by atoms with Crippen molar-refractivity contribution in [3.05, 3.63) is 46.8 Å². The number of carbonyl (C=O) groups is 1. The quantitative estimate of drug-likeness (QED) is 0.561. The number of ether oxygens (including phenoxy) is 1. The van der Waals surface area contributed by atoms with Gasteiger partial charge in [0.25, 0.3) is 5.91 Å². The number of benzene rings is 1. The Bertz CT molecular complexity index is 687. The maximum absolute atomic E-state index is 12.0. The van der Waals surface area contributed by atoms with Gasteiger partial charge in [-0.1, -0.05) is 25.5 Å². The van der Waals surface area contributed by atoms with Gasteiger partial charge in [-0.25, -0.2) is 0 Å². The van der Waals surface area contributed by atoms with Gasteiger partial charge in [0.05, 0.1) is 12.3 Å². The third-order valence-electron chi connectivity index (χ3n) is 2.91. The summed E-state index contributed by atoms with van der Waals surface area (Å²) in [4.78, 5) is 12.0. The first-order valence-corrected chi connectivity index (χ1v) is 8.39. The Morgan fingerprint density at radius 3 is 2.78 bits per heavy atom. The van der Waals surface area contributed by atoms with Crippen LogP contribution in [0.4, 0.5) is 5.69 Å². The van der Waals surface area contributed by atoms with E-state index in [2.05, 4.69) is 33.5 Å². The monoisotopic (exact) mass is 396 g/mol. The summed E-state index contributed by atoms with van der Waals surface area (Å²) < 4.78 is 11.4. The van der Waals surface area contributed by atoms with Crippen molar-refractivity contribution in [3.8, 4) is 5.75 Å². The minimum absolute atomic E-state index is 0.175. The molecule has 2 N–H and O–H groups in total. The highest BCUT2D eigenvalue weighted by Crippen LogP contribution is 2.24. The van der Waals surface area contributed by atoms with Gasteiger partial charge in [0, 0.05) is 0 Å². The van der Waals surface area contributed by atoms with E-state index in [1.54, 1.807) is 12.1 Å². The molecule has 2 rings (SSSR count). The topological polar surface area (TPSA) is 63.5 Å². The van der Waals surface area contributed by atoms with E-state index in [0.717, 1.165) is 12.8 Å². The molecule has 0 saturated heterocycles. The normalized spacial score (nSPS) is 10.2. The number of hydrogen-bond acceptors (Lipinski definition) is 4. The molecule has 0 saturated carbocycles. The van der Waals surface area contributed by atoms with Crippen molar-refractivity contribution in [2.45, 2.75) is 19.8 Å². The zero-order valence-corrected chi connectivity index (χ0v) is 15.0. The van der Waals surface area contributed by atoms with Crippen LogP contribution in [0.5, 0.6) is 5.75 Å². The molecule has 0 unspecified atom stereocenters. The van der Waals surface area contributed by atoms with Crippen LogP contribution in [0.2, 0.25) is 0 Å². The fourth-order valence-corrected chi connectivity index (χ4v) is 2.29. The van der Waals surface area contributed by atoms with E-state index >= 15 is 0 Å². The second-order valence-electron chi connectivity index (χ2n) is 4.71. The van der Waals surface area contributed by atoms with Crippen LogP contribution in [-0.4, -0.2) is 17.6 Å². The predicted molar refractivity (Wildman–Crippen MR) is 96.9 cm³/mol. The number of halogens is 1. The minimum atomic E-state index is -0.419. The molecule has 1 aromatic carbocycles. The summed E-state index contributed by atoms with van der Waals surface area (Å²) >= 11 is 8.31. The van der Waals surface area contributed by atoms with E-state index in [9.17, 15) is 4.79 Å². The summed E-state index contributed by atoms with van der Waals surface area (Å²) in [5, 5.41) is 5.70. The average molecular weight is 397 g/mol. The van der Waals surface area contributed by atoms with Crippen LogP contribution < -0.4 is 15.4 Å². The Hall–Kier alpha value is -1.86. The van der Waals surface area contributed by atoms with Crippen molar-refractivity contribution in [3.63, 3.8) is 0 Å². The van der Waals surface area contributed by atoms with E-state index < -0.39 is 5.91 Å². The van der Waals surface area contributed by atoms with E-state index in [1.165, 1.54) is 0 Å². The molecule has 2 aromatic rings. The van der Waals surface area contributed by atoms with Crippen LogP contribution >= 0.6 is 28.1 Å². The molecule has 0 bridgehead atoms. The Balaban J connectivity index is 1.96. The molecule has 0 spiro atoms. The first kappa shape index (κ1) is 17.5. The molecule has 0 aliphatic rings. The molecule has 0 aliphatic heterocycles. The number of thiocarbonyl (C=S) groups is 1. The van der Waals surface area contributed by atoms with Crippen molar-refractivity contribution in [2.75, 3.05) is 11.9 Å².